The molecule has 0 unspecified atom stereocenters. The minimum absolute atomic E-state index is 0.0715. The van der Waals surface area contributed by atoms with Gasteiger partial charge in [0.25, 0.3) is 5.69 Å². The normalized spacial score (nSPS) is 10.2. The lowest BCUT2D eigenvalue weighted by Gasteiger charge is -2.14. The summed E-state index contributed by atoms with van der Waals surface area (Å²) in [6.07, 6.45) is 1.82. The van der Waals surface area contributed by atoms with Crippen LogP contribution >= 0.6 is 11.8 Å². The molecule has 0 amide bonds. The van der Waals surface area contributed by atoms with Crippen LogP contribution in [0.3, 0.4) is 0 Å². The van der Waals surface area contributed by atoms with E-state index in [9.17, 15) is 15.4 Å². The molecule has 0 saturated heterocycles. The molecule has 0 aliphatic carbocycles. The summed E-state index contributed by atoms with van der Waals surface area (Å²) in [5.41, 5.74) is 1.61. The molecule has 0 aliphatic heterocycles. The lowest BCUT2D eigenvalue weighted by atomic mass is 10.1. The second-order valence-electron chi connectivity index (χ2n) is 5.90. The van der Waals surface area contributed by atoms with Gasteiger partial charge in [-0.3, -0.25) is 10.1 Å². The lowest BCUT2D eigenvalue weighted by Crippen LogP contribution is -2.04. The number of benzene rings is 2. The molecule has 3 rings (SSSR count). The maximum absolute atomic E-state index is 11.1. The maximum atomic E-state index is 11.1. The highest BCUT2D eigenvalue weighted by atomic mass is 32.2. The zero-order valence-electron chi connectivity index (χ0n) is 16.4. The van der Waals surface area contributed by atoms with Crippen LogP contribution in [0.2, 0.25) is 0 Å². The lowest BCUT2D eigenvalue weighted by molar-refractivity contribution is -0.384. The number of nitrogens with zero attached hydrogens (tertiary/aromatic N) is 4. The standard InChI is InChI=1S/C20H17N5O4S/c1-28-16-8-7-12(9-17(16)29-2)18-15(11-21)19(24-20(23-18)30-3)22-13-5-4-6-14(10-13)25(26)27/h4-10H,1-3H3,(H,22,23,24). The number of non-ortho nitro benzene ring substituents is 1. The third-order valence-corrected chi connectivity index (χ3v) is 4.71. The molecule has 1 aromatic heterocycles. The van der Waals surface area contributed by atoms with E-state index in [0.29, 0.717) is 33.6 Å². The van der Waals surface area contributed by atoms with Gasteiger partial charge in [-0.15, -0.1) is 0 Å². The SMILES string of the molecule is COc1ccc(-c2nc(SC)nc(Nc3cccc([N+](=O)[O-])c3)c2C#N)cc1OC. The van der Waals surface area contributed by atoms with Crippen LogP contribution < -0.4 is 14.8 Å². The van der Waals surface area contributed by atoms with Gasteiger partial charge < -0.3 is 14.8 Å². The Labute approximate surface area is 176 Å². The third kappa shape index (κ3) is 4.26. The monoisotopic (exact) mass is 423 g/mol. The number of thioether (sulfide) groups is 1. The molecule has 0 spiro atoms. The van der Waals surface area contributed by atoms with Gasteiger partial charge in [0.1, 0.15) is 11.6 Å². The fraction of sp³-hybridized carbons (Fsp3) is 0.150. The van der Waals surface area contributed by atoms with Gasteiger partial charge in [-0.1, -0.05) is 17.8 Å². The van der Waals surface area contributed by atoms with Crippen LogP contribution in [0.25, 0.3) is 11.3 Å². The molecule has 0 aliphatic rings. The van der Waals surface area contributed by atoms with Crippen molar-refractivity contribution in [2.45, 2.75) is 5.16 Å². The average Bonchev–Trinajstić information content (AvgIpc) is 2.78. The van der Waals surface area contributed by atoms with Crippen LogP contribution in [0.1, 0.15) is 5.56 Å². The molecular weight excluding hydrogens is 406 g/mol. The molecule has 0 saturated carbocycles. The van der Waals surface area contributed by atoms with Crippen molar-refractivity contribution in [2.75, 3.05) is 25.8 Å². The zero-order chi connectivity index (χ0) is 21.7. The molecule has 0 fully saturated rings. The molecule has 9 nitrogen and oxygen atoms in total. The topological polar surface area (TPSA) is 123 Å². The van der Waals surface area contributed by atoms with Gasteiger partial charge in [0.15, 0.2) is 22.5 Å². The average molecular weight is 423 g/mol. The highest BCUT2D eigenvalue weighted by Crippen LogP contribution is 2.35. The quantitative estimate of drug-likeness (QED) is 0.255. The Balaban J connectivity index is 2.13. The maximum Gasteiger partial charge on any atom is 0.271 e. The van der Waals surface area contributed by atoms with Crippen LogP contribution in [-0.4, -0.2) is 35.4 Å². The van der Waals surface area contributed by atoms with Crippen molar-refractivity contribution in [3.63, 3.8) is 0 Å². The number of ether oxygens (including phenoxy) is 2. The Bertz CT molecular complexity index is 1150. The first-order valence-electron chi connectivity index (χ1n) is 8.60. The summed E-state index contributed by atoms with van der Waals surface area (Å²) < 4.78 is 10.6. The molecule has 2 aromatic carbocycles. The number of hydrogen-bond donors (Lipinski definition) is 1. The minimum atomic E-state index is -0.487. The van der Waals surface area contributed by atoms with Gasteiger partial charge in [-0.05, 0) is 30.5 Å². The molecule has 0 radical (unpaired) electrons. The Morgan fingerprint density at radius 1 is 1.13 bits per heavy atom. The summed E-state index contributed by atoms with van der Waals surface area (Å²) in [6.45, 7) is 0. The molecule has 30 heavy (non-hydrogen) atoms. The molecular formula is C20H17N5O4S. The van der Waals surface area contributed by atoms with Crippen LogP contribution in [0.5, 0.6) is 11.5 Å². The zero-order valence-corrected chi connectivity index (χ0v) is 17.2. The Kier molecular flexibility index (Phi) is 6.34. The molecule has 152 valence electrons. The molecule has 10 heteroatoms. The van der Waals surface area contributed by atoms with Crippen LogP contribution in [0.4, 0.5) is 17.2 Å². The summed E-state index contributed by atoms with van der Waals surface area (Å²) in [4.78, 5) is 19.5. The molecule has 0 atom stereocenters. The molecule has 3 aromatic rings. The van der Waals surface area contributed by atoms with Crippen molar-refractivity contribution in [1.82, 2.24) is 9.97 Å². The van der Waals surface area contributed by atoms with Gasteiger partial charge in [0, 0.05) is 23.4 Å². The highest BCUT2D eigenvalue weighted by molar-refractivity contribution is 7.98. The number of anilines is 2. The van der Waals surface area contributed by atoms with Gasteiger partial charge in [0.05, 0.1) is 24.8 Å². The summed E-state index contributed by atoms with van der Waals surface area (Å²) in [5, 5.41) is 24.3. The van der Waals surface area contributed by atoms with E-state index in [-0.39, 0.29) is 17.1 Å². The van der Waals surface area contributed by atoms with E-state index >= 15 is 0 Å². The van der Waals surface area contributed by atoms with Crippen LogP contribution in [0.15, 0.2) is 47.6 Å². The number of nitro groups is 1. The van der Waals surface area contributed by atoms with Gasteiger partial charge in [-0.2, -0.15) is 5.26 Å². The molecule has 1 N–H and O–H groups in total. The Hall–Kier alpha value is -3.84. The Morgan fingerprint density at radius 3 is 2.53 bits per heavy atom. The minimum Gasteiger partial charge on any atom is -0.493 e. The number of nitro benzene ring substituents is 1. The number of rotatable bonds is 7. The summed E-state index contributed by atoms with van der Waals surface area (Å²) in [5.74, 6) is 1.30. The first-order valence-corrected chi connectivity index (χ1v) is 9.83. The summed E-state index contributed by atoms with van der Waals surface area (Å²) in [6, 6.07) is 13.3. The van der Waals surface area contributed by atoms with Crippen molar-refractivity contribution >= 4 is 29.0 Å². The third-order valence-electron chi connectivity index (χ3n) is 4.16. The van der Waals surface area contributed by atoms with Gasteiger partial charge in [-0.25, -0.2) is 9.97 Å². The van der Waals surface area contributed by atoms with Crippen molar-refractivity contribution in [1.29, 1.82) is 5.26 Å². The van der Waals surface area contributed by atoms with Crippen molar-refractivity contribution < 1.29 is 14.4 Å². The van der Waals surface area contributed by atoms with Crippen LogP contribution in [0, 0.1) is 21.4 Å². The second kappa shape index (κ2) is 9.11. The van der Waals surface area contributed by atoms with Crippen molar-refractivity contribution in [2.24, 2.45) is 0 Å². The summed E-state index contributed by atoms with van der Waals surface area (Å²) in [7, 11) is 3.06. The largest absolute Gasteiger partial charge is 0.493 e. The van der Waals surface area contributed by atoms with Crippen molar-refractivity contribution in [3.8, 4) is 28.8 Å². The predicted octanol–water partition coefficient (Wildman–Crippen LogP) is 4.41. The fourth-order valence-corrected chi connectivity index (χ4v) is 3.12. The second-order valence-corrected chi connectivity index (χ2v) is 6.67. The first-order chi connectivity index (χ1) is 14.5. The first kappa shape index (κ1) is 20.9. The Morgan fingerprint density at radius 2 is 1.90 bits per heavy atom. The number of methoxy groups -OCH3 is 2. The summed E-state index contributed by atoms with van der Waals surface area (Å²) >= 11 is 1.31. The fourth-order valence-electron chi connectivity index (χ4n) is 2.75. The van der Waals surface area contributed by atoms with E-state index in [1.54, 1.807) is 30.3 Å². The van der Waals surface area contributed by atoms with E-state index in [2.05, 4.69) is 21.4 Å². The predicted molar refractivity (Wildman–Crippen MR) is 113 cm³/mol. The number of hydrogen-bond acceptors (Lipinski definition) is 9. The highest BCUT2D eigenvalue weighted by Gasteiger charge is 2.18. The van der Waals surface area contributed by atoms with E-state index in [1.807, 2.05) is 6.26 Å². The van der Waals surface area contributed by atoms with Gasteiger partial charge in [0.2, 0.25) is 0 Å². The number of nitriles is 1. The smallest absolute Gasteiger partial charge is 0.271 e. The van der Waals surface area contributed by atoms with Crippen molar-refractivity contribution in [3.05, 3.63) is 58.1 Å². The van der Waals surface area contributed by atoms with E-state index in [0.717, 1.165) is 0 Å². The number of aromatic nitrogens is 2. The van der Waals surface area contributed by atoms with Crippen LogP contribution in [-0.2, 0) is 0 Å². The van der Waals surface area contributed by atoms with E-state index in [4.69, 9.17) is 9.47 Å². The molecule has 0 bridgehead atoms. The number of nitrogens with one attached hydrogen (secondary N) is 1. The van der Waals surface area contributed by atoms with Gasteiger partial charge >= 0.3 is 0 Å². The molecule has 1 heterocycles. The van der Waals surface area contributed by atoms with E-state index < -0.39 is 4.92 Å². The van der Waals surface area contributed by atoms with E-state index in [1.165, 1.54) is 38.1 Å².